The van der Waals surface area contributed by atoms with Crippen LogP contribution in [0.2, 0.25) is 0 Å². The van der Waals surface area contributed by atoms with Crippen LogP contribution in [0.1, 0.15) is 136 Å². The smallest absolute Gasteiger partial charge is 0.143 e. The molecule has 1 N–H and O–H groups in total. The van der Waals surface area contributed by atoms with Crippen molar-refractivity contribution in [3.8, 4) is 0 Å². The van der Waals surface area contributed by atoms with Crippen molar-refractivity contribution >= 4 is 17.4 Å². The van der Waals surface area contributed by atoms with Gasteiger partial charge in [-0.25, -0.2) is 4.99 Å². The SMILES string of the molecule is CCCCCCCCCCCCCCCCCCCC(O)C1=NC(Cl)CN1CCC. The molecule has 1 aliphatic rings. The van der Waals surface area contributed by atoms with Crippen LogP contribution in [0.3, 0.4) is 0 Å². The van der Waals surface area contributed by atoms with Crippen molar-refractivity contribution in [2.75, 3.05) is 13.1 Å². The highest BCUT2D eigenvalue weighted by Crippen LogP contribution is 2.19. The predicted octanol–water partition coefficient (Wildman–Crippen LogP) is 8.08. The van der Waals surface area contributed by atoms with Gasteiger partial charge in [0, 0.05) is 6.54 Å². The number of hydrogen-bond donors (Lipinski definition) is 1. The van der Waals surface area contributed by atoms with Gasteiger partial charge in [-0.1, -0.05) is 135 Å². The lowest BCUT2D eigenvalue weighted by Crippen LogP contribution is -2.37. The summed E-state index contributed by atoms with van der Waals surface area (Å²) in [6.45, 7) is 6.14. The molecule has 30 heavy (non-hydrogen) atoms. The third-order valence-electron chi connectivity index (χ3n) is 6.34. The highest BCUT2D eigenvalue weighted by molar-refractivity contribution is 6.22. The molecular formula is C26H51ClN2O. The molecule has 1 aliphatic heterocycles. The molecule has 3 nitrogen and oxygen atoms in total. The minimum absolute atomic E-state index is 0.184. The first-order chi connectivity index (χ1) is 14.7. The lowest BCUT2D eigenvalue weighted by atomic mass is 10.0. The van der Waals surface area contributed by atoms with E-state index in [0.717, 1.165) is 38.2 Å². The molecule has 0 aromatic carbocycles. The molecule has 0 amide bonds. The number of hydrogen-bond acceptors (Lipinski definition) is 3. The summed E-state index contributed by atoms with van der Waals surface area (Å²) in [4.78, 5) is 6.60. The highest BCUT2D eigenvalue weighted by Gasteiger charge is 2.27. The van der Waals surface area contributed by atoms with Crippen molar-refractivity contribution in [1.29, 1.82) is 0 Å². The summed E-state index contributed by atoms with van der Waals surface area (Å²) in [7, 11) is 0. The molecule has 0 spiro atoms. The first-order valence-electron chi connectivity index (χ1n) is 13.3. The Hall–Kier alpha value is -0.280. The van der Waals surface area contributed by atoms with Gasteiger partial charge in [-0.3, -0.25) is 0 Å². The summed E-state index contributed by atoms with van der Waals surface area (Å²) in [5.74, 6) is 0.827. The second-order valence-corrected chi connectivity index (χ2v) is 9.83. The molecular weight excluding hydrogens is 392 g/mol. The zero-order valence-corrected chi connectivity index (χ0v) is 21.0. The van der Waals surface area contributed by atoms with E-state index in [2.05, 4.69) is 23.7 Å². The second kappa shape index (κ2) is 19.4. The predicted molar refractivity (Wildman–Crippen MR) is 134 cm³/mol. The Kier molecular flexibility index (Phi) is 18.0. The summed E-state index contributed by atoms with van der Waals surface area (Å²) in [6, 6.07) is 0. The normalized spacial score (nSPS) is 17.5. The van der Waals surface area contributed by atoms with E-state index >= 15 is 0 Å². The van der Waals surface area contributed by atoms with E-state index in [4.69, 9.17) is 11.6 Å². The van der Waals surface area contributed by atoms with Crippen LogP contribution in [0, 0.1) is 0 Å². The van der Waals surface area contributed by atoms with Gasteiger partial charge in [0.2, 0.25) is 0 Å². The maximum absolute atomic E-state index is 10.5. The number of alkyl halides is 1. The van der Waals surface area contributed by atoms with Gasteiger partial charge in [0.15, 0.2) is 0 Å². The lowest BCUT2D eigenvalue weighted by molar-refractivity contribution is 0.209. The van der Waals surface area contributed by atoms with Gasteiger partial charge in [-0.05, 0) is 12.8 Å². The van der Waals surface area contributed by atoms with Crippen LogP contribution in [0.4, 0.5) is 0 Å². The fraction of sp³-hybridized carbons (Fsp3) is 0.962. The highest BCUT2D eigenvalue weighted by atomic mass is 35.5. The number of unbranched alkanes of at least 4 members (excludes halogenated alkanes) is 16. The van der Waals surface area contributed by atoms with Crippen molar-refractivity contribution in [3.63, 3.8) is 0 Å². The fourth-order valence-corrected chi connectivity index (χ4v) is 4.77. The zero-order valence-electron chi connectivity index (χ0n) is 20.2. The van der Waals surface area contributed by atoms with Gasteiger partial charge in [0.05, 0.1) is 6.54 Å². The average molecular weight is 443 g/mol. The Morgan fingerprint density at radius 1 is 0.767 bits per heavy atom. The molecule has 0 aromatic rings. The minimum Gasteiger partial charge on any atom is -0.385 e. The van der Waals surface area contributed by atoms with Crippen LogP contribution < -0.4 is 0 Å². The topological polar surface area (TPSA) is 35.8 Å². The molecule has 2 unspecified atom stereocenters. The molecule has 2 atom stereocenters. The summed E-state index contributed by atoms with van der Waals surface area (Å²) >= 11 is 6.15. The third kappa shape index (κ3) is 13.9. The molecule has 178 valence electrons. The molecule has 1 heterocycles. The fourth-order valence-electron chi connectivity index (χ4n) is 4.51. The lowest BCUT2D eigenvalue weighted by Gasteiger charge is -2.23. The number of nitrogens with zero attached hydrogens (tertiary/aromatic N) is 2. The molecule has 0 radical (unpaired) electrons. The molecule has 0 fully saturated rings. The number of halogens is 1. The molecule has 0 saturated carbocycles. The van der Waals surface area contributed by atoms with Crippen LogP contribution in [0.5, 0.6) is 0 Å². The van der Waals surface area contributed by atoms with Crippen molar-refractivity contribution in [3.05, 3.63) is 0 Å². The molecule has 0 aliphatic carbocycles. The Labute approximate surface area is 193 Å². The standard InChI is InChI=1S/C26H51ClN2O/c1-3-5-6-7-8-9-10-11-12-13-14-15-16-17-18-19-20-21-24(30)26-28-25(27)23-29(26)22-4-2/h24-25,30H,3-23H2,1-2H3. The van der Waals surface area contributed by atoms with E-state index < -0.39 is 6.10 Å². The van der Waals surface area contributed by atoms with Gasteiger partial charge < -0.3 is 10.0 Å². The minimum atomic E-state index is -0.434. The quantitative estimate of drug-likeness (QED) is 0.111. The maximum atomic E-state index is 10.5. The Bertz CT molecular complexity index is 416. The van der Waals surface area contributed by atoms with Crippen molar-refractivity contribution < 1.29 is 5.11 Å². The summed E-state index contributed by atoms with van der Waals surface area (Å²) in [6.07, 6.45) is 25.0. The molecule has 1 rings (SSSR count). The number of aliphatic hydroxyl groups is 1. The first-order valence-corrected chi connectivity index (χ1v) is 13.8. The molecule has 0 aromatic heterocycles. The van der Waals surface area contributed by atoms with Crippen LogP contribution in [-0.4, -0.2) is 40.5 Å². The van der Waals surface area contributed by atoms with Crippen molar-refractivity contribution in [2.45, 2.75) is 147 Å². The summed E-state index contributed by atoms with van der Waals surface area (Å²) in [5, 5.41) is 10.5. The Balaban J connectivity index is 1.84. The second-order valence-electron chi connectivity index (χ2n) is 9.33. The first kappa shape index (κ1) is 27.8. The van der Waals surface area contributed by atoms with Gasteiger partial charge >= 0.3 is 0 Å². The van der Waals surface area contributed by atoms with Crippen LogP contribution >= 0.6 is 11.6 Å². The molecule has 0 saturated heterocycles. The Morgan fingerprint density at radius 3 is 1.63 bits per heavy atom. The molecule has 4 heteroatoms. The van der Waals surface area contributed by atoms with E-state index in [1.165, 1.54) is 103 Å². The third-order valence-corrected chi connectivity index (χ3v) is 6.58. The van der Waals surface area contributed by atoms with Gasteiger partial charge in [0.25, 0.3) is 0 Å². The van der Waals surface area contributed by atoms with E-state index in [1.807, 2.05) is 0 Å². The van der Waals surface area contributed by atoms with E-state index in [9.17, 15) is 5.11 Å². The average Bonchev–Trinajstić information content (AvgIpc) is 3.10. The van der Waals surface area contributed by atoms with Crippen molar-refractivity contribution in [1.82, 2.24) is 4.90 Å². The van der Waals surface area contributed by atoms with Gasteiger partial charge in [0.1, 0.15) is 17.4 Å². The van der Waals surface area contributed by atoms with Crippen LogP contribution in [-0.2, 0) is 0 Å². The monoisotopic (exact) mass is 442 g/mol. The number of amidine groups is 1. The number of rotatable bonds is 21. The van der Waals surface area contributed by atoms with Crippen molar-refractivity contribution in [2.24, 2.45) is 4.99 Å². The molecule has 0 bridgehead atoms. The number of aliphatic imine (C=N–C) groups is 1. The maximum Gasteiger partial charge on any atom is 0.143 e. The summed E-state index contributed by atoms with van der Waals surface area (Å²) < 4.78 is 0. The summed E-state index contributed by atoms with van der Waals surface area (Å²) in [5.41, 5.74) is -0.184. The van der Waals surface area contributed by atoms with Gasteiger partial charge in [-0.15, -0.1) is 0 Å². The van der Waals surface area contributed by atoms with E-state index in [0.29, 0.717) is 0 Å². The van der Waals surface area contributed by atoms with E-state index in [1.54, 1.807) is 0 Å². The van der Waals surface area contributed by atoms with E-state index in [-0.39, 0.29) is 5.50 Å². The Morgan fingerprint density at radius 2 is 1.20 bits per heavy atom. The van der Waals surface area contributed by atoms with Gasteiger partial charge in [-0.2, -0.15) is 0 Å². The largest absolute Gasteiger partial charge is 0.385 e. The zero-order chi connectivity index (χ0) is 21.9. The van der Waals surface area contributed by atoms with Crippen LogP contribution in [0.15, 0.2) is 4.99 Å². The number of aliphatic hydroxyl groups excluding tert-OH is 1. The van der Waals surface area contributed by atoms with Crippen LogP contribution in [0.25, 0.3) is 0 Å².